The summed E-state index contributed by atoms with van der Waals surface area (Å²) in [4.78, 5) is 25.5. The molecule has 4 aromatic rings. The minimum absolute atomic E-state index is 0.0308. The van der Waals surface area contributed by atoms with Crippen LogP contribution in [0, 0.1) is 0 Å². The maximum atomic E-state index is 13.0. The van der Waals surface area contributed by atoms with E-state index in [-0.39, 0.29) is 5.91 Å². The molecular formula is C22H20N4O2. The number of carbonyl (C=O) groups is 1. The van der Waals surface area contributed by atoms with Gasteiger partial charge in [0.15, 0.2) is 0 Å². The van der Waals surface area contributed by atoms with Gasteiger partial charge in [-0.2, -0.15) is 4.98 Å². The third-order valence-electron chi connectivity index (χ3n) is 4.65. The summed E-state index contributed by atoms with van der Waals surface area (Å²) < 4.78 is 6.93. The average Bonchev–Trinajstić information content (AvgIpc) is 3.13. The Morgan fingerprint density at radius 3 is 2.57 bits per heavy atom. The molecule has 140 valence electrons. The first-order valence-corrected chi connectivity index (χ1v) is 9.15. The molecule has 0 radical (unpaired) electrons. The van der Waals surface area contributed by atoms with Gasteiger partial charge in [-0.05, 0) is 36.1 Å². The molecule has 2 aromatic heterocycles. The van der Waals surface area contributed by atoms with Gasteiger partial charge in [0.1, 0.15) is 6.33 Å². The first-order chi connectivity index (χ1) is 13.8. The monoisotopic (exact) mass is 372 g/mol. The van der Waals surface area contributed by atoms with Crippen LogP contribution in [0.15, 0.2) is 67.3 Å². The van der Waals surface area contributed by atoms with E-state index in [2.05, 4.69) is 27.1 Å². The second kappa shape index (κ2) is 8.00. The normalized spacial score (nSPS) is 10.9. The molecule has 0 N–H and O–H groups in total. The molecule has 0 aliphatic heterocycles. The van der Waals surface area contributed by atoms with Crippen LogP contribution in [0.3, 0.4) is 0 Å². The Balaban J connectivity index is 1.61. The van der Waals surface area contributed by atoms with Crippen molar-refractivity contribution in [1.82, 2.24) is 19.5 Å². The van der Waals surface area contributed by atoms with Crippen LogP contribution >= 0.6 is 0 Å². The number of fused-ring (bicyclic) bond motifs is 1. The third kappa shape index (κ3) is 3.62. The zero-order valence-electron chi connectivity index (χ0n) is 15.6. The summed E-state index contributed by atoms with van der Waals surface area (Å²) in [5, 5.41) is 0. The van der Waals surface area contributed by atoms with Crippen LogP contribution in [-0.2, 0) is 6.42 Å². The predicted molar refractivity (Wildman–Crippen MR) is 107 cm³/mol. The lowest BCUT2D eigenvalue weighted by Crippen LogP contribution is -2.12. The molecule has 2 aromatic carbocycles. The van der Waals surface area contributed by atoms with Crippen molar-refractivity contribution >= 4 is 16.9 Å². The number of hydrogen-bond donors (Lipinski definition) is 0. The number of imidazole rings is 1. The van der Waals surface area contributed by atoms with Crippen molar-refractivity contribution in [2.75, 3.05) is 7.11 Å². The van der Waals surface area contributed by atoms with Crippen LogP contribution in [0.5, 0.6) is 6.01 Å². The second-order valence-electron chi connectivity index (χ2n) is 6.50. The van der Waals surface area contributed by atoms with Gasteiger partial charge in [-0.1, -0.05) is 36.4 Å². The first-order valence-electron chi connectivity index (χ1n) is 9.15. The molecule has 6 nitrogen and oxygen atoms in total. The molecule has 0 saturated carbocycles. The maximum Gasteiger partial charge on any atom is 0.304 e. The van der Waals surface area contributed by atoms with E-state index in [4.69, 9.17) is 4.74 Å². The van der Waals surface area contributed by atoms with Crippen LogP contribution in [0.4, 0.5) is 0 Å². The number of hydrogen-bond acceptors (Lipinski definition) is 5. The minimum Gasteiger partial charge on any atom is -0.468 e. The lowest BCUT2D eigenvalue weighted by Gasteiger charge is -2.08. The van der Waals surface area contributed by atoms with Crippen molar-refractivity contribution in [2.45, 2.75) is 19.3 Å². The van der Waals surface area contributed by atoms with E-state index in [9.17, 15) is 4.79 Å². The van der Waals surface area contributed by atoms with Crippen LogP contribution < -0.4 is 4.74 Å². The van der Waals surface area contributed by atoms with Gasteiger partial charge in [0.05, 0.1) is 18.1 Å². The molecule has 0 aliphatic carbocycles. The lowest BCUT2D eigenvalue weighted by molar-refractivity contribution is 0.0894. The van der Waals surface area contributed by atoms with Gasteiger partial charge in [0.2, 0.25) is 5.91 Å². The van der Waals surface area contributed by atoms with E-state index in [0.717, 1.165) is 29.5 Å². The van der Waals surface area contributed by atoms with E-state index in [0.29, 0.717) is 17.9 Å². The van der Waals surface area contributed by atoms with Gasteiger partial charge < -0.3 is 4.74 Å². The number of rotatable bonds is 6. The Labute approximate surface area is 162 Å². The topological polar surface area (TPSA) is 69.9 Å². The Morgan fingerprint density at radius 1 is 1.04 bits per heavy atom. The predicted octanol–water partition coefficient (Wildman–Crippen LogP) is 4.17. The van der Waals surface area contributed by atoms with Gasteiger partial charge in [0, 0.05) is 24.4 Å². The Bertz CT molecular complexity index is 1090. The van der Waals surface area contributed by atoms with Crippen molar-refractivity contribution in [3.05, 3.63) is 72.8 Å². The van der Waals surface area contributed by atoms with Gasteiger partial charge in [0.25, 0.3) is 0 Å². The third-order valence-corrected chi connectivity index (χ3v) is 4.65. The standard InChI is InChI=1S/C22H20N4O2/c1-28-22-25-19-11-10-17(18-13-23-15-24-14-18)12-20(19)26(22)21(27)9-5-8-16-6-3-2-4-7-16/h2-4,6-7,10-15H,5,8-9H2,1H3. The Hall–Kier alpha value is -3.54. The van der Waals surface area contributed by atoms with E-state index < -0.39 is 0 Å². The number of ether oxygens (including phenoxy) is 1. The molecular weight excluding hydrogens is 352 g/mol. The molecule has 28 heavy (non-hydrogen) atoms. The van der Waals surface area contributed by atoms with E-state index >= 15 is 0 Å². The fraction of sp³-hybridized carbons (Fsp3) is 0.182. The van der Waals surface area contributed by atoms with Gasteiger partial charge in [-0.3, -0.25) is 4.79 Å². The molecule has 0 unspecified atom stereocenters. The lowest BCUT2D eigenvalue weighted by atomic mass is 10.1. The molecule has 0 saturated heterocycles. The number of aryl methyl sites for hydroxylation is 1. The summed E-state index contributed by atoms with van der Waals surface area (Å²) in [5.74, 6) is -0.0308. The number of benzene rings is 2. The summed E-state index contributed by atoms with van der Waals surface area (Å²) in [6.07, 6.45) is 7.01. The highest BCUT2D eigenvalue weighted by Gasteiger charge is 2.18. The average molecular weight is 372 g/mol. The van der Waals surface area contributed by atoms with Crippen molar-refractivity contribution in [3.8, 4) is 17.1 Å². The summed E-state index contributed by atoms with van der Waals surface area (Å²) in [6, 6.07) is 16.2. The van der Waals surface area contributed by atoms with Crippen molar-refractivity contribution in [2.24, 2.45) is 0 Å². The molecule has 0 spiro atoms. The molecule has 0 bridgehead atoms. The molecule has 0 amide bonds. The maximum absolute atomic E-state index is 13.0. The molecule has 4 rings (SSSR count). The largest absolute Gasteiger partial charge is 0.468 e. The number of carbonyl (C=O) groups excluding carboxylic acids is 1. The SMILES string of the molecule is COc1nc2ccc(-c3cncnc3)cc2n1C(=O)CCCc1ccccc1. The van der Waals surface area contributed by atoms with Crippen molar-refractivity contribution in [1.29, 1.82) is 0 Å². The van der Waals surface area contributed by atoms with E-state index in [1.54, 1.807) is 17.0 Å². The fourth-order valence-electron chi connectivity index (χ4n) is 3.26. The van der Waals surface area contributed by atoms with Crippen LogP contribution in [0.2, 0.25) is 0 Å². The number of nitrogens with zero attached hydrogens (tertiary/aromatic N) is 4. The molecule has 0 atom stereocenters. The first kappa shape index (κ1) is 17.9. The molecule has 0 aliphatic rings. The van der Waals surface area contributed by atoms with Crippen LogP contribution in [-0.4, -0.2) is 32.5 Å². The summed E-state index contributed by atoms with van der Waals surface area (Å²) in [7, 11) is 1.53. The number of aromatic nitrogens is 4. The van der Waals surface area contributed by atoms with Crippen LogP contribution in [0.25, 0.3) is 22.2 Å². The molecule has 6 heteroatoms. The summed E-state index contributed by atoms with van der Waals surface area (Å²) >= 11 is 0. The van der Waals surface area contributed by atoms with Crippen LogP contribution in [0.1, 0.15) is 23.2 Å². The summed E-state index contributed by atoms with van der Waals surface area (Å²) in [5.41, 5.74) is 4.47. The zero-order chi connectivity index (χ0) is 19.3. The Kier molecular flexibility index (Phi) is 5.10. The van der Waals surface area contributed by atoms with Gasteiger partial charge in [-0.15, -0.1) is 0 Å². The zero-order valence-corrected chi connectivity index (χ0v) is 15.6. The fourth-order valence-corrected chi connectivity index (χ4v) is 3.26. The van der Waals surface area contributed by atoms with Gasteiger partial charge in [-0.25, -0.2) is 14.5 Å². The van der Waals surface area contributed by atoms with Crippen molar-refractivity contribution < 1.29 is 9.53 Å². The smallest absolute Gasteiger partial charge is 0.304 e. The Morgan fingerprint density at radius 2 is 1.82 bits per heavy atom. The second-order valence-corrected chi connectivity index (χ2v) is 6.50. The summed E-state index contributed by atoms with van der Waals surface area (Å²) in [6.45, 7) is 0. The highest BCUT2D eigenvalue weighted by molar-refractivity contribution is 5.94. The highest BCUT2D eigenvalue weighted by Crippen LogP contribution is 2.27. The van der Waals surface area contributed by atoms with Gasteiger partial charge >= 0.3 is 6.01 Å². The molecule has 2 heterocycles. The van der Waals surface area contributed by atoms with E-state index in [1.165, 1.54) is 19.0 Å². The minimum atomic E-state index is -0.0308. The number of methoxy groups -OCH3 is 1. The highest BCUT2D eigenvalue weighted by atomic mass is 16.5. The van der Waals surface area contributed by atoms with E-state index in [1.807, 2.05) is 36.4 Å². The molecule has 0 fully saturated rings. The van der Waals surface area contributed by atoms with Crippen molar-refractivity contribution in [3.63, 3.8) is 0 Å². The quantitative estimate of drug-likeness (QED) is 0.508.